The Morgan fingerprint density at radius 1 is 1.23 bits per heavy atom. The molecule has 2 atom stereocenters. The number of nitrogens with one attached hydrogen (secondary N) is 2. The van der Waals surface area contributed by atoms with E-state index in [1.54, 1.807) is 6.08 Å². The molecule has 1 fully saturated rings. The smallest absolute Gasteiger partial charge is 0.244 e. The third-order valence-electron chi connectivity index (χ3n) is 6.51. The van der Waals surface area contributed by atoms with Crippen LogP contribution in [0.3, 0.4) is 0 Å². The predicted molar refractivity (Wildman–Crippen MR) is 130 cm³/mol. The Morgan fingerprint density at radius 2 is 1.90 bits per heavy atom. The van der Waals surface area contributed by atoms with Gasteiger partial charge >= 0.3 is 0 Å². The Bertz CT molecular complexity index is 733. The summed E-state index contributed by atoms with van der Waals surface area (Å²) in [5, 5.41) is 17.0. The molecule has 0 aliphatic carbocycles. The van der Waals surface area contributed by atoms with Crippen LogP contribution in [0.15, 0.2) is 30.4 Å². The fourth-order valence-electron chi connectivity index (χ4n) is 5.03. The van der Waals surface area contributed by atoms with Crippen molar-refractivity contribution in [2.24, 2.45) is 17.8 Å². The van der Waals surface area contributed by atoms with Crippen molar-refractivity contribution in [3.05, 3.63) is 41.5 Å². The highest BCUT2D eigenvalue weighted by Gasteiger charge is 2.22. The van der Waals surface area contributed by atoms with Gasteiger partial charge in [0.2, 0.25) is 5.91 Å². The quantitative estimate of drug-likeness (QED) is 0.428. The molecule has 1 aliphatic rings. The lowest BCUT2D eigenvalue weighted by molar-refractivity contribution is -0.118. The number of phenolic OH excluding ortho intramolecular Hbond substituents is 1. The minimum atomic E-state index is -0.209. The molecule has 174 valence electrons. The number of carbonyl (C=O) groups is 1. The number of allylic oxidation sites excluding steroid dienone is 1. The zero-order chi connectivity index (χ0) is 23.0. The zero-order valence-electron chi connectivity index (χ0n) is 20.5. The molecule has 1 saturated heterocycles. The first kappa shape index (κ1) is 25.5. The minimum Gasteiger partial charge on any atom is -0.508 e. The number of aromatic hydroxyl groups is 1. The molecule has 1 heterocycles. The number of benzene rings is 1. The molecule has 0 bridgehead atoms. The second-order valence-electron chi connectivity index (χ2n) is 10.7. The molecular formula is C27H44N2O2. The first-order valence-corrected chi connectivity index (χ1v) is 12.1. The number of hydrogen-bond acceptors (Lipinski definition) is 3. The van der Waals surface area contributed by atoms with Crippen LogP contribution in [0.5, 0.6) is 5.75 Å². The van der Waals surface area contributed by atoms with E-state index in [1.807, 2.05) is 12.1 Å². The standard InChI is InChI=1S/C27H44N2O2/c1-19(2)18-27(5,6)29-26(31)9-7-8-20(3)24-17-22(10-11-25(24)30)16-21(4)23-12-14-28-15-13-23/h7,9-11,17,19-21,23,28,30H,8,12-16,18H2,1-6H3,(H,29,31)/b9-7+. The molecule has 2 unspecified atom stereocenters. The molecule has 0 radical (unpaired) electrons. The van der Waals surface area contributed by atoms with Gasteiger partial charge in [-0.1, -0.05) is 45.9 Å². The Morgan fingerprint density at radius 3 is 2.55 bits per heavy atom. The van der Waals surface area contributed by atoms with Gasteiger partial charge < -0.3 is 15.7 Å². The average molecular weight is 429 g/mol. The van der Waals surface area contributed by atoms with Gasteiger partial charge in [-0.3, -0.25) is 4.79 Å². The molecule has 31 heavy (non-hydrogen) atoms. The molecule has 0 saturated carbocycles. The maximum atomic E-state index is 12.3. The van der Waals surface area contributed by atoms with Crippen LogP contribution in [0.25, 0.3) is 0 Å². The second kappa shape index (κ2) is 11.7. The summed E-state index contributed by atoms with van der Waals surface area (Å²) in [6, 6.07) is 6.06. The first-order valence-electron chi connectivity index (χ1n) is 12.1. The number of carbonyl (C=O) groups excluding carboxylic acids is 1. The van der Waals surface area contributed by atoms with Crippen molar-refractivity contribution < 1.29 is 9.90 Å². The molecule has 0 aromatic heterocycles. The van der Waals surface area contributed by atoms with Crippen molar-refractivity contribution in [2.75, 3.05) is 13.1 Å². The van der Waals surface area contributed by atoms with Gasteiger partial charge in [-0.15, -0.1) is 0 Å². The fraction of sp³-hybridized carbons (Fsp3) is 0.667. The van der Waals surface area contributed by atoms with E-state index in [0.29, 0.717) is 17.6 Å². The molecule has 1 aromatic carbocycles. The molecule has 3 N–H and O–H groups in total. The molecule has 4 heteroatoms. The summed E-state index contributed by atoms with van der Waals surface area (Å²) in [5.41, 5.74) is 2.06. The van der Waals surface area contributed by atoms with Crippen LogP contribution in [0.4, 0.5) is 0 Å². The Kier molecular flexibility index (Phi) is 9.61. The van der Waals surface area contributed by atoms with E-state index in [-0.39, 0.29) is 17.4 Å². The maximum Gasteiger partial charge on any atom is 0.244 e. The fourth-order valence-corrected chi connectivity index (χ4v) is 5.03. The normalized spacial score (nSPS) is 17.8. The van der Waals surface area contributed by atoms with Crippen LogP contribution < -0.4 is 10.6 Å². The zero-order valence-corrected chi connectivity index (χ0v) is 20.5. The van der Waals surface area contributed by atoms with Gasteiger partial charge in [0, 0.05) is 5.54 Å². The Balaban J connectivity index is 1.93. The van der Waals surface area contributed by atoms with Crippen molar-refractivity contribution in [3.63, 3.8) is 0 Å². The predicted octanol–water partition coefficient (Wildman–Crippen LogP) is 5.56. The summed E-state index contributed by atoms with van der Waals surface area (Å²) in [4.78, 5) is 12.3. The molecule has 0 spiro atoms. The second-order valence-corrected chi connectivity index (χ2v) is 10.7. The SMILES string of the molecule is CC(C)CC(C)(C)NC(=O)/C=C/CC(C)c1cc(CC(C)C2CCNCC2)ccc1O. The highest BCUT2D eigenvalue weighted by Crippen LogP contribution is 2.31. The van der Waals surface area contributed by atoms with Crippen LogP contribution in [0.1, 0.15) is 84.3 Å². The summed E-state index contributed by atoms with van der Waals surface area (Å²) in [7, 11) is 0. The van der Waals surface area contributed by atoms with E-state index in [0.717, 1.165) is 43.8 Å². The van der Waals surface area contributed by atoms with E-state index in [9.17, 15) is 9.90 Å². The lowest BCUT2D eigenvalue weighted by Crippen LogP contribution is -2.43. The Hall–Kier alpha value is -1.81. The van der Waals surface area contributed by atoms with Crippen LogP contribution in [-0.4, -0.2) is 29.6 Å². The Labute approximate surface area is 189 Å². The topological polar surface area (TPSA) is 61.4 Å². The van der Waals surface area contributed by atoms with Crippen LogP contribution in [0, 0.1) is 17.8 Å². The van der Waals surface area contributed by atoms with Gasteiger partial charge in [0.1, 0.15) is 5.75 Å². The monoisotopic (exact) mass is 428 g/mol. The van der Waals surface area contributed by atoms with Crippen molar-refractivity contribution >= 4 is 5.91 Å². The van der Waals surface area contributed by atoms with E-state index < -0.39 is 0 Å². The summed E-state index contributed by atoms with van der Waals surface area (Å²) in [5.74, 6) is 2.41. The minimum absolute atomic E-state index is 0.0494. The number of rotatable bonds is 10. The van der Waals surface area contributed by atoms with Crippen molar-refractivity contribution in [1.29, 1.82) is 0 Å². The maximum absolute atomic E-state index is 12.3. The highest BCUT2D eigenvalue weighted by atomic mass is 16.3. The molecule has 4 nitrogen and oxygen atoms in total. The highest BCUT2D eigenvalue weighted by molar-refractivity contribution is 5.88. The molecule has 1 aliphatic heterocycles. The third kappa shape index (κ3) is 8.68. The van der Waals surface area contributed by atoms with Crippen LogP contribution in [0.2, 0.25) is 0 Å². The lowest BCUT2D eigenvalue weighted by atomic mass is 9.82. The number of phenols is 1. The summed E-state index contributed by atoms with van der Waals surface area (Å²) in [6.45, 7) is 15.2. The van der Waals surface area contributed by atoms with E-state index >= 15 is 0 Å². The molecule has 1 amide bonds. The van der Waals surface area contributed by atoms with E-state index in [1.165, 1.54) is 18.4 Å². The van der Waals surface area contributed by atoms with E-state index in [2.05, 4.69) is 64.3 Å². The van der Waals surface area contributed by atoms with Crippen molar-refractivity contribution in [3.8, 4) is 5.75 Å². The van der Waals surface area contributed by atoms with Gasteiger partial charge in [0.15, 0.2) is 0 Å². The summed E-state index contributed by atoms with van der Waals surface area (Å²) < 4.78 is 0. The largest absolute Gasteiger partial charge is 0.508 e. The van der Waals surface area contributed by atoms with Gasteiger partial charge in [0.25, 0.3) is 0 Å². The summed E-state index contributed by atoms with van der Waals surface area (Å²) in [6.07, 6.45) is 8.78. The van der Waals surface area contributed by atoms with Crippen LogP contribution >= 0.6 is 0 Å². The number of piperidine rings is 1. The van der Waals surface area contributed by atoms with Gasteiger partial charge in [-0.25, -0.2) is 0 Å². The van der Waals surface area contributed by atoms with Crippen LogP contribution in [-0.2, 0) is 11.2 Å². The van der Waals surface area contributed by atoms with Crippen molar-refractivity contribution in [1.82, 2.24) is 10.6 Å². The lowest BCUT2D eigenvalue weighted by Gasteiger charge is -2.28. The average Bonchev–Trinajstić information content (AvgIpc) is 2.68. The van der Waals surface area contributed by atoms with E-state index in [4.69, 9.17) is 0 Å². The van der Waals surface area contributed by atoms with Gasteiger partial charge in [-0.2, -0.15) is 0 Å². The van der Waals surface area contributed by atoms with Gasteiger partial charge in [0.05, 0.1) is 0 Å². The first-order chi connectivity index (χ1) is 14.6. The third-order valence-corrected chi connectivity index (χ3v) is 6.51. The number of hydrogen-bond donors (Lipinski definition) is 3. The molecular weight excluding hydrogens is 384 g/mol. The summed E-state index contributed by atoms with van der Waals surface area (Å²) >= 11 is 0. The molecule has 2 rings (SSSR count). The van der Waals surface area contributed by atoms with Gasteiger partial charge in [-0.05, 0) is 106 Å². The van der Waals surface area contributed by atoms with Crippen molar-refractivity contribution in [2.45, 2.75) is 85.1 Å². The number of amides is 1. The molecule has 1 aromatic rings.